The minimum absolute atomic E-state index is 0.0920. The zero-order chi connectivity index (χ0) is 13.8. The number of carbonyl (C=O) groups is 1. The third-order valence-corrected chi connectivity index (χ3v) is 4.27. The summed E-state index contributed by atoms with van der Waals surface area (Å²) in [5.41, 5.74) is 1.92. The van der Waals surface area contributed by atoms with Gasteiger partial charge in [0.25, 0.3) is 0 Å². The Labute approximate surface area is 123 Å². The molecule has 1 atom stereocenters. The van der Waals surface area contributed by atoms with Crippen molar-refractivity contribution in [2.75, 3.05) is 31.7 Å². The second kappa shape index (κ2) is 6.53. The van der Waals surface area contributed by atoms with Gasteiger partial charge in [-0.05, 0) is 59.8 Å². The summed E-state index contributed by atoms with van der Waals surface area (Å²) in [5, 5.41) is 0. The molecule has 0 bridgehead atoms. The molecule has 1 saturated heterocycles. The van der Waals surface area contributed by atoms with Crippen molar-refractivity contribution in [3.8, 4) is 0 Å². The Morgan fingerprint density at radius 1 is 1.53 bits per heavy atom. The lowest BCUT2D eigenvalue weighted by Gasteiger charge is -2.34. The highest BCUT2D eigenvalue weighted by Gasteiger charge is 2.20. The van der Waals surface area contributed by atoms with Gasteiger partial charge in [0.2, 0.25) is 0 Å². The number of halogens is 1. The molecule has 1 aliphatic heterocycles. The number of rotatable bonds is 4. The van der Waals surface area contributed by atoms with E-state index in [-0.39, 0.29) is 5.78 Å². The topological polar surface area (TPSA) is 29.5 Å². The van der Waals surface area contributed by atoms with Gasteiger partial charge in [-0.15, -0.1) is 0 Å². The Balaban J connectivity index is 2.13. The number of nitrogens with zero attached hydrogens (tertiary/aromatic N) is 1. The van der Waals surface area contributed by atoms with E-state index in [1.807, 2.05) is 18.2 Å². The number of hydrogen-bond acceptors (Lipinski definition) is 3. The summed E-state index contributed by atoms with van der Waals surface area (Å²) in [4.78, 5) is 13.8. The summed E-state index contributed by atoms with van der Waals surface area (Å²) < 4.78 is 6.14. The van der Waals surface area contributed by atoms with Gasteiger partial charge in [0.05, 0.1) is 6.61 Å². The first kappa shape index (κ1) is 14.5. The van der Waals surface area contributed by atoms with Crippen molar-refractivity contribution in [3.05, 3.63) is 28.2 Å². The van der Waals surface area contributed by atoms with Crippen LogP contribution < -0.4 is 4.90 Å². The van der Waals surface area contributed by atoms with Gasteiger partial charge in [0, 0.05) is 35.9 Å². The van der Waals surface area contributed by atoms with Gasteiger partial charge in [-0.3, -0.25) is 4.79 Å². The zero-order valence-electron chi connectivity index (χ0n) is 11.5. The van der Waals surface area contributed by atoms with E-state index in [4.69, 9.17) is 4.74 Å². The van der Waals surface area contributed by atoms with Crippen molar-refractivity contribution in [1.29, 1.82) is 0 Å². The van der Waals surface area contributed by atoms with E-state index < -0.39 is 0 Å². The van der Waals surface area contributed by atoms with Gasteiger partial charge in [-0.1, -0.05) is 0 Å². The number of ether oxygens (including phenoxy) is 1. The van der Waals surface area contributed by atoms with Gasteiger partial charge in [0.15, 0.2) is 5.78 Å². The molecule has 104 valence electrons. The minimum atomic E-state index is 0.0920. The smallest absolute Gasteiger partial charge is 0.160 e. The number of ketones is 1. The Morgan fingerprint density at radius 2 is 2.32 bits per heavy atom. The standard InChI is InChI=1S/C15H20BrNO2/c1-11(18)14-6-5-13(8-15(14)16)17-7-3-4-12(9-17)10-19-2/h5-6,8,12H,3-4,7,9-10H2,1-2H3. The molecule has 0 N–H and O–H groups in total. The number of hydrogen-bond donors (Lipinski definition) is 0. The molecule has 1 aromatic rings. The van der Waals surface area contributed by atoms with Crippen LogP contribution >= 0.6 is 15.9 Å². The molecular weight excluding hydrogens is 306 g/mol. The van der Waals surface area contributed by atoms with Crippen LogP contribution in [0.2, 0.25) is 0 Å². The van der Waals surface area contributed by atoms with E-state index in [1.165, 1.54) is 18.5 Å². The highest BCUT2D eigenvalue weighted by molar-refractivity contribution is 9.10. The monoisotopic (exact) mass is 325 g/mol. The molecule has 1 unspecified atom stereocenters. The van der Waals surface area contributed by atoms with Crippen LogP contribution in [0, 0.1) is 5.92 Å². The average Bonchev–Trinajstić information content (AvgIpc) is 2.39. The maximum Gasteiger partial charge on any atom is 0.160 e. The first-order chi connectivity index (χ1) is 9.11. The van der Waals surface area contributed by atoms with E-state index in [0.717, 1.165) is 29.7 Å². The van der Waals surface area contributed by atoms with E-state index in [1.54, 1.807) is 14.0 Å². The molecule has 0 aromatic heterocycles. The van der Waals surface area contributed by atoms with Gasteiger partial charge in [0.1, 0.15) is 0 Å². The molecule has 0 aliphatic carbocycles. The third-order valence-electron chi connectivity index (χ3n) is 3.62. The predicted molar refractivity (Wildman–Crippen MR) is 81.0 cm³/mol. The summed E-state index contributed by atoms with van der Waals surface area (Å²) in [6.07, 6.45) is 2.43. The fourth-order valence-electron chi connectivity index (χ4n) is 2.66. The van der Waals surface area contributed by atoms with Gasteiger partial charge in [-0.25, -0.2) is 0 Å². The summed E-state index contributed by atoms with van der Waals surface area (Å²) in [5.74, 6) is 0.694. The molecule has 1 fully saturated rings. The lowest BCUT2D eigenvalue weighted by Crippen LogP contribution is -2.37. The number of methoxy groups -OCH3 is 1. The third kappa shape index (κ3) is 3.57. The molecule has 0 spiro atoms. The van der Waals surface area contributed by atoms with E-state index >= 15 is 0 Å². The maximum absolute atomic E-state index is 11.4. The summed E-state index contributed by atoms with van der Waals surface area (Å²) in [6, 6.07) is 5.99. The highest BCUT2D eigenvalue weighted by Crippen LogP contribution is 2.28. The molecule has 19 heavy (non-hydrogen) atoms. The minimum Gasteiger partial charge on any atom is -0.384 e. The van der Waals surface area contributed by atoms with Crippen LogP contribution in [-0.4, -0.2) is 32.6 Å². The quantitative estimate of drug-likeness (QED) is 0.793. The van der Waals surface area contributed by atoms with Gasteiger partial charge < -0.3 is 9.64 Å². The lowest BCUT2D eigenvalue weighted by molar-refractivity contribution is 0.101. The van der Waals surface area contributed by atoms with Crippen molar-refractivity contribution < 1.29 is 9.53 Å². The highest BCUT2D eigenvalue weighted by atomic mass is 79.9. The molecular formula is C15H20BrNO2. The average molecular weight is 326 g/mol. The van der Waals surface area contributed by atoms with Gasteiger partial charge in [-0.2, -0.15) is 0 Å². The molecule has 2 rings (SSSR count). The van der Waals surface area contributed by atoms with Crippen LogP contribution in [0.4, 0.5) is 5.69 Å². The van der Waals surface area contributed by atoms with Crippen LogP contribution in [-0.2, 0) is 4.74 Å². The Morgan fingerprint density at radius 3 is 2.95 bits per heavy atom. The first-order valence-electron chi connectivity index (χ1n) is 6.66. The molecule has 3 nitrogen and oxygen atoms in total. The molecule has 0 amide bonds. The van der Waals surface area contributed by atoms with Crippen LogP contribution in [0.25, 0.3) is 0 Å². The molecule has 1 heterocycles. The molecule has 0 saturated carbocycles. The van der Waals surface area contributed by atoms with E-state index in [0.29, 0.717) is 5.92 Å². The number of anilines is 1. The Hall–Kier alpha value is -0.870. The second-order valence-corrected chi connectivity index (χ2v) is 5.98. The summed E-state index contributed by atoms with van der Waals surface area (Å²) in [6.45, 7) is 4.52. The number of piperidine rings is 1. The van der Waals surface area contributed by atoms with Crippen molar-refractivity contribution in [2.24, 2.45) is 5.92 Å². The van der Waals surface area contributed by atoms with E-state index in [9.17, 15) is 4.79 Å². The molecule has 1 aromatic carbocycles. The fraction of sp³-hybridized carbons (Fsp3) is 0.533. The van der Waals surface area contributed by atoms with Crippen LogP contribution in [0.15, 0.2) is 22.7 Å². The first-order valence-corrected chi connectivity index (χ1v) is 7.45. The van der Waals surface area contributed by atoms with Crippen molar-refractivity contribution in [2.45, 2.75) is 19.8 Å². The molecule has 0 radical (unpaired) electrons. The van der Waals surface area contributed by atoms with E-state index in [2.05, 4.69) is 20.8 Å². The van der Waals surface area contributed by atoms with Gasteiger partial charge >= 0.3 is 0 Å². The van der Waals surface area contributed by atoms with Crippen molar-refractivity contribution in [1.82, 2.24) is 0 Å². The molecule has 4 heteroatoms. The zero-order valence-corrected chi connectivity index (χ0v) is 13.1. The Bertz CT molecular complexity index is 459. The Kier molecular flexibility index (Phi) is 4.99. The summed E-state index contributed by atoms with van der Waals surface area (Å²) >= 11 is 3.49. The molecule has 1 aliphatic rings. The van der Waals surface area contributed by atoms with Crippen molar-refractivity contribution in [3.63, 3.8) is 0 Å². The maximum atomic E-state index is 11.4. The number of benzene rings is 1. The van der Waals surface area contributed by atoms with Crippen LogP contribution in [0.1, 0.15) is 30.1 Å². The van der Waals surface area contributed by atoms with Crippen LogP contribution in [0.5, 0.6) is 0 Å². The predicted octanol–water partition coefficient (Wildman–Crippen LogP) is 3.51. The summed E-state index contributed by atoms with van der Waals surface area (Å²) in [7, 11) is 1.76. The normalized spacial score (nSPS) is 19.5. The van der Waals surface area contributed by atoms with Crippen LogP contribution in [0.3, 0.4) is 0 Å². The number of carbonyl (C=O) groups excluding carboxylic acids is 1. The van der Waals surface area contributed by atoms with Crippen molar-refractivity contribution >= 4 is 27.4 Å². The number of Topliss-reactive ketones (excluding diaryl/α,β-unsaturated/α-hetero) is 1. The largest absolute Gasteiger partial charge is 0.384 e. The fourth-order valence-corrected chi connectivity index (χ4v) is 3.30. The second-order valence-electron chi connectivity index (χ2n) is 5.13. The lowest BCUT2D eigenvalue weighted by atomic mass is 9.98. The SMILES string of the molecule is COCC1CCCN(c2ccc(C(C)=O)c(Br)c2)C1.